The number of halogens is 1. The van der Waals surface area contributed by atoms with Crippen molar-refractivity contribution in [2.75, 3.05) is 32.8 Å². The quantitative estimate of drug-likeness (QED) is 0.608. The maximum absolute atomic E-state index is 13.3. The van der Waals surface area contributed by atoms with Crippen LogP contribution in [0.25, 0.3) is 0 Å². The molecule has 3 rings (SSSR count). The van der Waals surface area contributed by atoms with Crippen molar-refractivity contribution in [1.29, 1.82) is 0 Å². The van der Waals surface area contributed by atoms with Crippen LogP contribution in [-0.2, 0) is 14.8 Å². The zero-order valence-corrected chi connectivity index (χ0v) is 19.9. The Bertz CT molecular complexity index is 1000. The Kier molecular flexibility index (Phi) is 7.34. The van der Waals surface area contributed by atoms with Crippen molar-refractivity contribution in [1.82, 2.24) is 9.21 Å². The molecule has 6 nitrogen and oxygen atoms in total. The highest BCUT2D eigenvalue weighted by Gasteiger charge is 2.29. The van der Waals surface area contributed by atoms with E-state index in [-0.39, 0.29) is 16.9 Å². The van der Waals surface area contributed by atoms with Crippen molar-refractivity contribution in [2.24, 2.45) is 0 Å². The van der Waals surface area contributed by atoms with Gasteiger partial charge < -0.3 is 9.64 Å². The minimum absolute atomic E-state index is 0.151. The molecule has 1 amide bonds. The number of sulfonamides is 1. The van der Waals surface area contributed by atoms with Gasteiger partial charge in [-0.15, -0.1) is 0 Å². The van der Waals surface area contributed by atoms with Crippen LogP contribution < -0.4 is 0 Å². The van der Waals surface area contributed by atoms with E-state index in [9.17, 15) is 13.2 Å². The number of carbonyl (C=O) groups is 1. The predicted molar refractivity (Wildman–Crippen MR) is 120 cm³/mol. The molecule has 30 heavy (non-hydrogen) atoms. The summed E-state index contributed by atoms with van der Waals surface area (Å²) in [6.45, 7) is 7.53. The van der Waals surface area contributed by atoms with Gasteiger partial charge >= 0.3 is 0 Å². The summed E-state index contributed by atoms with van der Waals surface area (Å²) in [6.07, 6.45) is -0.210. The smallest absolute Gasteiger partial charge is 0.254 e. The number of carbonyl (C=O) groups excluding carboxylic acids is 1. The fourth-order valence-electron chi connectivity index (χ4n) is 3.59. The third-order valence-electron chi connectivity index (χ3n) is 5.38. The molecule has 0 N–H and O–H groups in total. The highest BCUT2D eigenvalue weighted by Crippen LogP contribution is 2.26. The fourth-order valence-corrected chi connectivity index (χ4v) is 5.34. The average molecular weight is 495 g/mol. The molecule has 0 spiro atoms. The molecule has 1 aliphatic rings. The Balaban J connectivity index is 1.86. The molecular weight excluding hydrogens is 468 g/mol. The summed E-state index contributed by atoms with van der Waals surface area (Å²) in [6, 6.07) is 12.6. The molecule has 1 fully saturated rings. The number of rotatable bonds is 6. The zero-order chi connectivity index (χ0) is 21.9. The molecule has 1 saturated heterocycles. The van der Waals surface area contributed by atoms with Gasteiger partial charge in [0.05, 0.1) is 18.0 Å². The number of hydrogen-bond donors (Lipinski definition) is 0. The van der Waals surface area contributed by atoms with Gasteiger partial charge in [0.25, 0.3) is 5.91 Å². The van der Waals surface area contributed by atoms with E-state index in [4.69, 9.17) is 4.74 Å². The van der Waals surface area contributed by atoms with Gasteiger partial charge in [0.2, 0.25) is 10.0 Å². The van der Waals surface area contributed by atoms with Crippen molar-refractivity contribution >= 4 is 31.9 Å². The van der Waals surface area contributed by atoms with E-state index >= 15 is 0 Å². The average Bonchev–Trinajstić information content (AvgIpc) is 2.74. The number of aryl methyl sites for hydroxylation is 1. The van der Waals surface area contributed by atoms with Crippen LogP contribution in [0.4, 0.5) is 0 Å². The Morgan fingerprint density at radius 3 is 2.47 bits per heavy atom. The number of hydrogen-bond acceptors (Lipinski definition) is 4. The number of nitrogens with zero attached hydrogens (tertiary/aromatic N) is 2. The predicted octanol–water partition coefficient (Wildman–Crippen LogP) is 4.00. The van der Waals surface area contributed by atoms with Crippen molar-refractivity contribution in [3.05, 3.63) is 63.6 Å². The summed E-state index contributed by atoms with van der Waals surface area (Å²) >= 11 is 3.43. The van der Waals surface area contributed by atoms with Crippen LogP contribution in [0, 0.1) is 6.92 Å². The van der Waals surface area contributed by atoms with Crippen molar-refractivity contribution in [3.63, 3.8) is 0 Å². The largest absolute Gasteiger partial charge is 0.370 e. The second-order valence-electron chi connectivity index (χ2n) is 7.23. The summed E-state index contributed by atoms with van der Waals surface area (Å²) in [5.74, 6) is -0.172. The maximum Gasteiger partial charge on any atom is 0.254 e. The second kappa shape index (κ2) is 9.60. The van der Waals surface area contributed by atoms with E-state index in [1.807, 2.05) is 31.2 Å². The van der Waals surface area contributed by atoms with Crippen molar-refractivity contribution < 1.29 is 17.9 Å². The van der Waals surface area contributed by atoms with Crippen LogP contribution in [0.3, 0.4) is 0 Å². The maximum atomic E-state index is 13.3. The van der Waals surface area contributed by atoms with Crippen LogP contribution in [0.2, 0.25) is 0 Å². The minimum atomic E-state index is -3.63. The molecule has 0 bridgehead atoms. The van der Waals surface area contributed by atoms with Crippen LogP contribution in [0.5, 0.6) is 0 Å². The SMILES string of the molecule is CCN(CC)S(=O)(=O)c1ccc(C)c(C(=O)N2CCOC(c3ccc(Br)cc3)C2)c1. The third kappa shape index (κ3) is 4.77. The van der Waals surface area contributed by atoms with E-state index in [1.54, 1.807) is 30.9 Å². The van der Waals surface area contributed by atoms with Crippen LogP contribution in [0.15, 0.2) is 51.8 Å². The summed E-state index contributed by atoms with van der Waals surface area (Å²) in [4.78, 5) is 15.2. The lowest BCUT2D eigenvalue weighted by Gasteiger charge is -2.33. The molecule has 2 aromatic rings. The monoisotopic (exact) mass is 494 g/mol. The van der Waals surface area contributed by atoms with Gasteiger partial charge in [-0.1, -0.05) is 48.0 Å². The highest BCUT2D eigenvalue weighted by molar-refractivity contribution is 9.10. The summed E-state index contributed by atoms with van der Waals surface area (Å²) in [5, 5.41) is 0. The topological polar surface area (TPSA) is 66.9 Å². The lowest BCUT2D eigenvalue weighted by Crippen LogP contribution is -2.42. The highest BCUT2D eigenvalue weighted by atomic mass is 79.9. The van der Waals surface area contributed by atoms with Crippen LogP contribution in [-0.4, -0.2) is 56.3 Å². The Hall–Kier alpha value is -1.74. The molecule has 2 aromatic carbocycles. The van der Waals surface area contributed by atoms with Gasteiger partial charge in [-0.25, -0.2) is 8.42 Å². The summed E-state index contributed by atoms with van der Waals surface area (Å²) in [5.41, 5.74) is 2.18. The summed E-state index contributed by atoms with van der Waals surface area (Å²) < 4.78 is 34.1. The molecule has 162 valence electrons. The number of benzene rings is 2. The van der Waals surface area contributed by atoms with E-state index < -0.39 is 10.0 Å². The van der Waals surface area contributed by atoms with E-state index in [0.29, 0.717) is 38.3 Å². The molecule has 1 heterocycles. The fraction of sp³-hybridized carbons (Fsp3) is 0.409. The minimum Gasteiger partial charge on any atom is -0.370 e. The molecule has 8 heteroatoms. The first-order chi connectivity index (χ1) is 14.3. The molecule has 0 radical (unpaired) electrons. The van der Waals surface area contributed by atoms with E-state index in [0.717, 1.165) is 15.6 Å². The first kappa shape index (κ1) is 22.9. The van der Waals surface area contributed by atoms with Gasteiger partial charge in [0, 0.05) is 29.7 Å². The number of ether oxygens (including phenoxy) is 1. The van der Waals surface area contributed by atoms with Crippen molar-refractivity contribution in [3.8, 4) is 0 Å². The van der Waals surface area contributed by atoms with Gasteiger partial charge in [0.1, 0.15) is 6.10 Å². The lowest BCUT2D eigenvalue weighted by atomic mass is 10.0. The molecular formula is C22H27BrN2O4S. The molecule has 0 saturated carbocycles. The Morgan fingerprint density at radius 1 is 1.17 bits per heavy atom. The van der Waals surface area contributed by atoms with Gasteiger partial charge in [-0.05, 0) is 42.3 Å². The first-order valence-electron chi connectivity index (χ1n) is 10.0. The van der Waals surface area contributed by atoms with Crippen LogP contribution >= 0.6 is 15.9 Å². The van der Waals surface area contributed by atoms with E-state index in [1.165, 1.54) is 10.4 Å². The Morgan fingerprint density at radius 2 is 1.83 bits per heavy atom. The van der Waals surface area contributed by atoms with Gasteiger partial charge in [-0.3, -0.25) is 4.79 Å². The standard InChI is InChI=1S/C22H27BrN2O4S/c1-4-25(5-2)30(27,28)19-11-6-16(3)20(14-19)22(26)24-12-13-29-21(15-24)17-7-9-18(23)10-8-17/h6-11,14,21H,4-5,12-13,15H2,1-3H3. The lowest BCUT2D eigenvalue weighted by molar-refractivity contribution is -0.0228. The number of morpholine rings is 1. The van der Waals surface area contributed by atoms with Gasteiger partial charge in [0.15, 0.2) is 0 Å². The third-order valence-corrected chi connectivity index (χ3v) is 7.95. The molecule has 1 unspecified atom stereocenters. The van der Waals surface area contributed by atoms with Crippen LogP contribution in [0.1, 0.15) is 41.4 Å². The zero-order valence-electron chi connectivity index (χ0n) is 17.5. The van der Waals surface area contributed by atoms with E-state index in [2.05, 4.69) is 15.9 Å². The second-order valence-corrected chi connectivity index (χ2v) is 10.1. The molecule has 0 aromatic heterocycles. The van der Waals surface area contributed by atoms with Gasteiger partial charge in [-0.2, -0.15) is 4.31 Å². The van der Waals surface area contributed by atoms with Crippen molar-refractivity contribution in [2.45, 2.75) is 31.8 Å². The Labute approximate surface area is 187 Å². The first-order valence-corrected chi connectivity index (χ1v) is 12.3. The summed E-state index contributed by atoms with van der Waals surface area (Å²) in [7, 11) is -3.63. The molecule has 1 atom stereocenters. The molecule has 1 aliphatic heterocycles. The molecule has 0 aliphatic carbocycles. The number of amides is 1. The normalized spacial score (nSPS) is 17.4.